The maximum atomic E-state index is 13.8. The highest BCUT2D eigenvalue weighted by Crippen LogP contribution is 2.37. The average Bonchev–Trinajstić information content (AvgIpc) is 3.51. The van der Waals surface area contributed by atoms with Crippen LogP contribution < -0.4 is 14.2 Å². The highest BCUT2D eigenvalue weighted by Gasteiger charge is 2.29. The maximum absolute atomic E-state index is 13.8. The molecule has 0 N–H and O–H groups in total. The molecule has 1 atom stereocenters. The number of nitrogens with zero attached hydrogens (tertiary/aromatic N) is 2. The van der Waals surface area contributed by atoms with E-state index in [1.54, 1.807) is 21.3 Å². The summed E-state index contributed by atoms with van der Waals surface area (Å²) in [5, 5.41) is 1.52. The Kier molecular flexibility index (Phi) is 8.19. The van der Waals surface area contributed by atoms with Gasteiger partial charge in [0.1, 0.15) is 23.4 Å². The van der Waals surface area contributed by atoms with Crippen LogP contribution in [0, 0.1) is 0 Å². The summed E-state index contributed by atoms with van der Waals surface area (Å²) < 4.78 is 22.3. The fraction of sp³-hybridized carbons (Fsp3) is 0.290. The number of halogens is 1. The molecule has 0 radical (unpaired) electrons. The molecule has 1 amide bonds. The maximum Gasteiger partial charge on any atom is 0.252 e. The molecule has 3 aromatic carbocycles. The van der Waals surface area contributed by atoms with Crippen molar-refractivity contribution in [2.45, 2.75) is 32.0 Å². The average molecular weight is 547 g/mol. The number of carbonyl (C=O) groups excluding carboxylic acids is 1. The lowest BCUT2D eigenvalue weighted by Gasteiger charge is -2.27. The second kappa shape index (κ2) is 11.9. The Morgan fingerprint density at radius 2 is 1.72 bits per heavy atom. The van der Waals surface area contributed by atoms with E-state index in [1.165, 1.54) is 0 Å². The molecule has 7 nitrogen and oxygen atoms in total. The SMILES string of the molecule is COc1ccc(CN(Cc2cc3ccc(Cl)cc3nc2-c2cc(OC)ccc2OC)C(=O)C2CCCO2)cc1. The molecule has 1 unspecified atom stereocenters. The summed E-state index contributed by atoms with van der Waals surface area (Å²) in [5.41, 5.74) is 4.07. The highest BCUT2D eigenvalue weighted by molar-refractivity contribution is 6.31. The van der Waals surface area contributed by atoms with Crippen molar-refractivity contribution in [2.75, 3.05) is 27.9 Å². The first-order valence-electron chi connectivity index (χ1n) is 12.8. The third-order valence-electron chi connectivity index (χ3n) is 6.93. The van der Waals surface area contributed by atoms with Crippen LogP contribution >= 0.6 is 11.6 Å². The topological polar surface area (TPSA) is 70.1 Å². The van der Waals surface area contributed by atoms with E-state index >= 15 is 0 Å². The number of aromatic nitrogens is 1. The number of hydrogen-bond acceptors (Lipinski definition) is 6. The van der Waals surface area contributed by atoms with Gasteiger partial charge in [-0.2, -0.15) is 0 Å². The fourth-order valence-corrected chi connectivity index (χ4v) is 5.05. The number of ether oxygens (including phenoxy) is 4. The van der Waals surface area contributed by atoms with Crippen LogP contribution in [0.3, 0.4) is 0 Å². The molecule has 0 saturated carbocycles. The van der Waals surface area contributed by atoms with Crippen molar-refractivity contribution >= 4 is 28.4 Å². The zero-order valence-electron chi connectivity index (χ0n) is 22.3. The fourth-order valence-electron chi connectivity index (χ4n) is 4.88. The van der Waals surface area contributed by atoms with Crippen LogP contribution in [-0.4, -0.2) is 49.8 Å². The van der Waals surface area contributed by atoms with Crippen LogP contribution in [0.15, 0.2) is 66.7 Å². The zero-order valence-corrected chi connectivity index (χ0v) is 23.0. The van der Waals surface area contributed by atoms with Gasteiger partial charge in [0, 0.05) is 35.7 Å². The third-order valence-corrected chi connectivity index (χ3v) is 7.17. The van der Waals surface area contributed by atoms with E-state index in [2.05, 4.69) is 6.07 Å². The van der Waals surface area contributed by atoms with E-state index in [-0.39, 0.29) is 5.91 Å². The lowest BCUT2D eigenvalue weighted by Crippen LogP contribution is -2.38. The Labute approximate surface area is 233 Å². The van der Waals surface area contributed by atoms with Gasteiger partial charge in [-0.05, 0) is 72.5 Å². The molecule has 1 aliphatic heterocycles. The first kappa shape index (κ1) is 26.8. The monoisotopic (exact) mass is 546 g/mol. The summed E-state index contributed by atoms with van der Waals surface area (Å²) in [6.45, 7) is 1.33. The molecule has 1 aromatic heterocycles. The van der Waals surface area contributed by atoms with Crippen molar-refractivity contribution in [3.63, 3.8) is 0 Å². The summed E-state index contributed by atoms with van der Waals surface area (Å²) in [6, 6.07) is 21.0. The minimum absolute atomic E-state index is 0.0388. The van der Waals surface area contributed by atoms with Gasteiger partial charge in [0.25, 0.3) is 5.91 Å². The normalized spacial score (nSPS) is 14.8. The minimum atomic E-state index is -0.453. The molecule has 2 heterocycles. The van der Waals surface area contributed by atoms with Crippen LogP contribution in [0.25, 0.3) is 22.2 Å². The quantitative estimate of drug-likeness (QED) is 0.246. The number of carbonyl (C=O) groups is 1. The molecule has 5 rings (SSSR count). The molecule has 1 aliphatic rings. The molecular formula is C31H31ClN2O5. The van der Waals surface area contributed by atoms with Crippen molar-refractivity contribution in [1.82, 2.24) is 9.88 Å². The lowest BCUT2D eigenvalue weighted by atomic mass is 10.0. The number of amides is 1. The Bertz CT molecular complexity index is 1470. The van der Waals surface area contributed by atoms with E-state index in [9.17, 15) is 4.79 Å². The van der Waals surface area contributed by atoms with Gasteiger partial charge in [0.05, 0.1) is 32.5 Å². The Balaban J connectivity index is 1.61. The van der Waals surface area contributed by atoms with E-state index in [0.29, 0.717) is 48.3 Å². The first-order chi connectivity index (χ1) is 19.0. The summed E-state index contributed by atoms with van der Waals surface area (Å²) in [6.07, 6.45) is 1.13. The number of hydrogen-bond donors (Lipinski definition) is 0. The number of rotatable bonds is 9. The second-order valence-corrected chi connectivity index (χ2v) is 9.88. The zero-order chi connectivity index (χ0) is 27.4. The van der Waals surface area contributed by atoms with Gasteiger partial charge < -0.3 is 23.8 Å². The van der Waals surface area contributed by atoms with Crippen LogP contribution in [0.5, 0.6) is 17.2 Å². The third kappa shape index (κ3) is 5.95. The summed E-state index contributed by atoms with van der Waals surface area (Å²) in [5.74, 6) is 2.05. The molecule has 1 fully saturated rings. The molecule has 0 aliphatic carbocycles. The number of pyridine rings is 1. The molecule has 1 saturated heterocycles. The van der Waals surface area contributed by atoms with Crippen LogP contribution in [0.1, 0.15) is 24.0 Å². The molecule has 4 aromatic rings. The Morgan fingerprint density at radius 1 is 0.949 bits per heavy atom. The van der Waals surface area contributed by atoms with E-state index in [4.69, 9.17) is 35.5 Å². The van der Waals surface area contributed by atoms with Gasteiger partial charge in [0.15, 0.2) is 0 Å². The Hall–Kier alpha value is -3.81. The minimum Gasteiger partial charge on any atom is -0.497 e. The molecule has 8 heteroatoms. The molecule has 39 heavy (non-hydrogen) atoms. The predicted octanol–water partition coefficient (Wildman–Crippen LogP) is 6.29. The van der Waals surface area contributed by atoms with Crippen molar-refractivity contribution in [2.24, 2.45) is 0 Å². The van der Waals surface area contributed by atoms with Crippen molar-refractivity contribution in [1.29, 1.82) is 0 Å². The first-order valence-corrected chi connectivity index (χ1v) is 13.2. The summed E-state index contributed by atoms with van der Waals surface area (Å²) in [7, 11) is 4.88. The van der Waals surface area contributed by atoms with Crippen LogP contribution in [0.4, 0.5) is 0 Å². The van der Waals surface area contributed by atoms with Gasteiger partial charge in [-0.15, -0.1) is 0 Å². The lowest BCUT2D eigenvalue weighted by molar-refractivity contribution is -0.142. The van der Waals surface area contributed by atoms with Crippen molar-refractivity contribution < 1.29 is 23.7 Å². The van der Waals surface area contributed by atoms with Gasteiger partial charge in [-0.25, -0.2) is 4.98 Å². The molecule has 202 valence electrons. The largest absolute Gasteiger partial charge is 0.497 e. The molecular weight excluding hydrogens is 516 g/mol. The van der Waals surface area contributed by atoms with Crippen LogP contribution in [0.2, 0.25) is 5.02 Å². The molecule has 0 spiro atoms. The van der Waals surface area contributed by atoms with Crippen molar-refractivity contribution in [3.8, 4) is 28.5 Å². The molecule has 0 bridgehead atoms. The number of fused-ring (bicyclic) bond motifs is 1. The highest BCUT2D eigenvalue weighted by atomic mass is 35.5. The summed E-state index contributed by atoms with van der Waals surface area (Å²) >= 11 is 6.31. The Morgan fingerprint density at radius 3 is 2.41 bits per heavy atom. The standard InChI is InChI=1S/C31H31ClN2O5/c1-36-24-10-6-20(7-11-24)18-34(31(35)29-5-4-14-39-29)19-22-15-21-8-9-23(32)16-27(21)33-30(22)26-17-25(37-2)12-13-28(26)38-3/h6-13,15-17,29H,4-5,14,18-19H2,1-3H3. The van der Waals surface area contributed by atoms with E-state index in [1.807, 2.05) is 65.6 Å². The number of methoxy groups -OCH3 is 3. The van der Waals surface area contributed by atoms with Gasteiger partial charge >= 0.3 is 0 Å². The predicted molar refractivity (Wildman–Crippen MR) is 152 cm³/mol. The second-order valence-electron chi connectivity index (χ2n) is 9.44. The van der Waals surface area contributed by atoms with E-state index < -0.39 is 6.10 Å². The summed E-state index contributed by atoms with van der Waals surface area (Å²) in [4.78, 5) is 20.6. The van der Waals surface area contributed by atoms with Crippen molar-refractivity contribution in [3.05, 3.63) is 82.9 Å². The van der Waals surface area contributed by atoms with Gasteiger partial charge in [-0.1, -0.05) is 29.8 Å². The van der Waals surface area contributed by atoms with Gasteiger partial charge in [-0.3, -0.25) is 4.79 Å². The van der Waals surface area contributed by atoms with Gasteiger partial charge in [0.2, 0.25) is 0 Å². The van der Waals surface area contributed by atoms with Crippen LogP contribution in [-0.2, 0) is 22.6 Å². The van der Waals surface area contributed by atoms with E-state index in [0.717, 1.165) is 39.8 Å². The smallest absolute Gasteiger partial charge is 0.252 e. The number of benzene rings is 3.